The Labute approximate surface area is 106 Å². The normalized spacial score (nSPS) is 15.1. The van der Waals surface area contributed by atoms with E-state index in [1.165, 1.54) is 22.3 Å². The lowest BCUT2D eigenvalue weighted by molar-refractivity contribution is 0.305. The Balaban J connectivity index is 3.16. The van der Waals surface area contributed by atoms with E-state index in [0.29, 0.717) is 11.8 Å². The highest BCUT2D eigenvalue weighted by Crippen LogP contribution is 2.30. The predicted octanol–water partition coefficient (Wildman–Crippen LogP) is 3.41. The molecule has 0 aliphatic carbocycles. The lowest BCUT2D eigenvalue weighted by atomic mass is 9.83. The smallest absolute Gasteiger partial charge is 0.0490 e. The highest BCUT2D eigenvalue weighted by molar-refractivity contribution is 5.38. The second-order valence-electron chi connectivity index (χ2n) is 5.54. The van der Waals surface area contributed by atoms with Gasteiger partial charge in [0.05, 0.1) is 0 Å². The van der Waals surface area contributed by atoms with Crippen LogP contribution in [-0.4, -0.2) is 0 Å². The van der Waals surface area contributed by atoms with Crippen molar-refractivity contribution >= 4 is 0 Å². The summed E-state index contributed by atoms with van der Waals surface area (Å²) in [5, 5.41) is 0. The summed E-state index contributed by atoms with van der Waals surface area (Å²) in [5.74, 6) is 6.87. The number of aryl methyl sites for hydroxylation is 3. The molecule has 0 saturated carbocycles. The van der Waals surface area contributed by atoms with Crippen molar-refractivity contribution in [2.75, 3.05) is 0 Å². The van der Waals surface area contributed by atoms with Crippen LogP contribution in [0.1, 0.15) is 49.1 Å². The third kappa shape index (κ3) is 3.08. The van der Waals surface area contributed by atoms with Crippen molar-refractivity contribution in [2.45, 2.75) is 47.6 Å². The molecule has 0 amide bonds. The monoisotopic (exact) mass is 234 g/mol. The van der Waals surface area contributed by atoms with Crippen molar-refractivity contribution in [2.24, 2.45) is 17.7 Å². The third-order valence-corrected chi connectivity index (χ3v) is 3.97. The van der Waals surface area contributed by atoms with Gasteiger partial charge in [-0.1, -0.05) is 32.9 Å². The Morgan fingerprint density at radius 1 is 0.941 bits per heavy atom. The maximum Gasteiger partial charge on any atom is 0.0490 e. The second kappa shape index (κ2) is 5.65. The van der Waals surface area contributed by atoms with Gasteiger partial charge in [-0.2, -0.15) is 0 Å². The number of hydrogen-bond donors (Lipinski definition) is 2. The molecule has 2 heteroatoms. The Morgan fingerprint density at radius 3 is 1.94 bits per heavy atom. The summed E-state index contributed by atoms with van der Waals surface area (Å²) in [6.07, 6.45) is 0. The van der Waals surface area contributed by atoms with E-state index < -0.39 is 0 Å². The van der Waals surface area contributed by atoms with Crippen LogP contribution in [-0.2, 0) is 0 Å². The average Bonchev–Trinajstić information content (AvgIpc) is 2.25. The number of hydrogen-bond acceptors (Lipinski definition) is 2. The van der Waals surface area contributed by atoms with E-state index in [1.807, 2.05) is 0 Å². The van der Waals surface area contributed by atoms with Gasteiger partial charge in [0, 0.05) is 6.04 Å². The molecule has 2 atom stereocenters. The first-order valence-corrected chi connectivity index (χ1v) is 6.42. The summed E-state index contributed by atoms with van der Waals surface area (Å²) in [6, 6.07) is 4.75. The molecule has 1 aromatic rings. The van der Waals surface area contributed by atoms with Crippen LogP contribution >= 0.6 is 0 Å². The van der Waals surface area contributed by atoms with Crippen LogP contribution in [0.15, 0.2) is 12.1 Å². The summed E-state index contributed by atoms with van der Waals surface area (Å²) in [5.41, 5.74) is 8.32. The molecule has 0 heterocycles. The van der Waals surface area contributed by atoms with Gasteiger partial charge in [-0.3, -0.25) is 11.3 Å². The quantitative estimate of drug-likeness (QED) is 0.619. The second-order valence-corrected chi connectivity index (χ2v) is 5.54. The van der Waals surface area contributed by atoms with Crippen LogP contribution in [0.3, 0.4) is 0 Å². The highest BCUT2D eigenvalue weighted by Gasteiger charge is 2.22. The van der Waals surface area contributed by atoms with Crippen molar-refractivity contribution in [3.63, 3.8) is 0 Å². The minimum absolute atomic E-state index is 0.231. The minimum Gasteiger partial charge on any atom is -0.271 e. The Bertz CT molecular complexity index is 383. The van der Waals surface area contributed by atoms with E-state index in [2.05, 4.69) is 59.1 Å². The molecule has 0 aliphatic heterocycles. The van der Waals surface area contributed by atoms with E-state index in [9.17, 15) is 0 Å². The van der Waals surface area contributed by atoms with Crippen LogP contribution in [0.5, 0.6) is 0 Å². The molecule has 0 aromatic heterocycles. The van der Waals surface area contributed by atoms with E-state index in [-0.39, 0.29) is 6.04 Å². The first kappa shape index (κ1) is 14.2. The molecule has 1 aromatic carbocycles. The van der Waals surface area contributed by atoms with Crippen LogP contribution < -0.4 is 11.3 Å². The van der Waals surface area contributed by atoms with Gasteiger partial charge in [-0.05, 0) is 54.9 Å². The molecule has 1 rings (SSSR count). The lowest BCUT2D eigenvalue weighted by Crippen LogP contribution is -2.35. The van der Waals surface area contributed by atoms with Crippen LogP contribution in [0.2, 0.25) is 0 Å². The predicted molar refractivity (Wildman–Crippen MR) is 74.7 cm³/mol. The first-order chi connectivity index (χ1) is 7.88. The summed E-state index contributed by atoms with van der Waals surface area (Å²) in [4.78, 5) is 0. The summed E-state index contributed by atoms with van der Waals surface area (Å²) < 4.78 is 0. The van der Waals surface area contributed by atoms with E-state index >= 15 is 0 Å². The average molecular weight is 234 g/mol. The zero-order valence-electron chi connectivity index (χ0n) is 12.0. The molecule has 0 spiro atoms. The number of rotatable bonds is 4. The molecule has 0 bridgehead atoms. The molecular formula is C15H26N2. The van der Waals surface area contributed by atoms with Crippen LogP contribution in [0, 0.1) is 32.6 Å². The SMILES string of the molecule is Cc1cc(C)c(C(NN)C(C)C(C)C)cc1C. The molecule has 17 heavy (non-hydrogen) atoms. The maximum atomic E-state index is 5.75. The Hall–Kier alpha value is -0.860. The molecule has 2 unspecified atom stereocenters. The molecule has 0 aliphatic rings. The standard InChI is InChI=1S/C15H26N2/c1-9(2)13(6)15(17-16)14-8-11(4)10(3)7-12(14)5/h7-9,13,15,17H,16H2,1-6H3. The summed E-state index contributed by atoms with van der Waals surface area (Å²) in [6.45, 7) is 13.2. The van der Waals surface area contributed by atoms with Crippen LogP contribution in [0.4, 0.5) is 0 Å². The first-order valence-electron chi connectivity index (χ1n) is 6.42. The zero-order chi connectivity index (χ0) is 13.2. The minimum atomic E-state index is 0.231. The zero-order valence-corrected chi connectivity index (χ0v) is 12.0. The fraction of sp³-hybridized carbons (Fsp3) is 0.600. The number of hydrazine groups is 1. The van der Waals surface area contributed by atoms with Gasteiger partial charge in [0.25, 0.3) is 0 Å². The molecule has 0 fully saturated rings. The van der Waals surface area contributed by atoms with Crippen molar-refractivity contribution in [1.82, 2.24) is 5.43 Å². The molecule has 3 N–H and O–H groups in total. The van der Waals surface area contributed by atoms with Gasteiger partial charge in [-0.25, -0.2) is 0 Å². The third-order valence-electron chi connectivity index (χ3n) is 3.97. The Kier molecular flexibility index (Phi) is 4.72. The van der Waals surface area contributed by atoms with Gasteiger partial charge in [0.15, 0.2) is 0 Å². The molecule has 96 valence electrons. The molecule has 2 nitrogen and oxygen atoms in total. The highest BCUT2D eigenvalue weighted by atomic mass is 15.2. The lowest BCUT2D eigenvalue weighted by Gasteiger charge is -2.28. The van der Waals surface area contributed by atoms with Crippen molar-refractivity contribution in [3.05, 3.63) is 34.4 Å². The number of nitrogens with one attached hydrogen (secondary N) is 1. The molecular weight excluding hydrogens is 208 g/mol. The van der Waals surface area contributed by atoms with Crippen LogP contribution in [0.25, 0.3) is 0 Å². The Morgan fingerprint density at radius 2 is 1.47 bits per heavy atom. The fourth-order valence-electron chi connectivity index (χ4n) is 2.23. The van der Waals surface area contributed by atoms with Gasteiger partial charge in [0.2, 0.25) is 0 Å². The number of benzene rings is 1. The van der Waals surface area contributed by atoms with Gasteiger partial charge in [0.1, 0.15) is 0 Å². The van der Waals surface area contributed by atoms with Gasteiger partial charge in [-0.15, -0.1) is 0 Å². The topological polar surface area (TPSA) is 38.0 Å². The van der Waals surface area contributed by atoms with Gasteiger partial charge >= 0.3 is 0 Å². The number of nitrogens with two attached hydrogens (primary N) is 1. The van der Waals surface area contributed by atoms with Crippen molar-refractivity contribution in [3.8, 4) is 0 Å². The summed E-state index contributed by atoms with van der Waals surface area (Å²) >= 11 is 0. The van der Waals surface area contributed by atoms with Gasteiger partial charge < -0.3 is 0 Å². The molecule has 0 saturated heterocycles. The summed E-state index contributed by atoms with van der Waals surface area (Å²) in [7, 11) is 0. The fourth-order valence-corrected chi connectivity index (χ4v) is 2.23. The molecule has 0 radical (unpaired) electrons. The van der Waals surface area contributed by atoms with Crippen molar-refractivity contribution < 1.29 is 0 Å². The van der Waals surface area contributed by atoms with E-state index in [1.54, 1.807) is 0 Å². The van der Waals surface area contributed by atoms with E-state index in [0.717, 1.165) is 0 Å². The van der Waals surface area contributed by atoms with E-state index in [4.69, 9.17) is 5.84 Å². The largest absolute Gasteiger partial charge is 0.271 e. The maximum absolute atomic E-state index is 5.75. The van der Waals surface area contributed by atoms with Crippen molar-refractivity contribution in [1.29, 1.82) is 0 Å².